The van der Waals surface area contributed by atoms with E-state index in [-0.39, 0.29) is 12.5 Å². The summed E-state index contributed by atoms with van der Waals surface area (Å²) in [5.74, 6) is 0.510. The molecule has 0 atom stereocenters. The van der Waals surface area contributed by atoms with Crippen molar-refractivity contribution in [2.75, 3.05) is 47.4 Å². The van der Waals surface area contributed by atoms with Crippen molar-refractivity contribution in [1.82, 2.24) is 14.8 Å². The van der Waals surface area contributed by atoms with Crippen molar-refractivity contribution >= 4 is 11.9 Å². The lowest BCUT2D eigenvalue weighted by atomic mass is 10.0. The summed E-state index contributed by atoms with van der Waals surface area (Å²) in [6.45, 7) is 3.53. The van der Waals surface area contributed by atoms with Gasteiger partial charge in [-0.3, -0.25) is 9.78 Å². The average molecular weight is 415 g/mol. The van der Waals surface area contributed by atoms with E-state index in [0.29, 0.717) is 36.6 Å². The number of nitrogens with two attached hydrogens (primary N) is 1. The first kappa shape index (κ1) is 23.3. The Morgan fingerprint density at radius 1 is 1.03 bits per heavy atom. The lowest BCUT2D eigenvalue weighted by molar-refractivity contribution is -0.129. The van der Waals surface area contributed by atoms with Crippen LogP contribution in [0.3, 0.4) is 0 Å². The van der Waals surface area contributed by atoms with Crippen molar-refractivity contribution < 1.29 is 19.1 Å². The van der Waals surface area contributed by atoms with Crippen molar-refractivity contribution in [3.8, 4) is 11.5 Å². The first-order valence-corrected chi connectivity index (χ1v) is 9.79. The Balaban J connectivity index is 2.15. The third-order valence-corrected chi connectivity index (χ3v) is 4.74. The van der Waals surface area contributed by atoms with Gasteiger partial charge in [0.05, 0.1) is 19.2 Å². The zero-order valence-electron chi connectivity index (χ0n) is 18.1. The van der Waals surface area contributed by atoms with Crippen LogP contribution in [0.4, 0.5) is 0 Å². The number of hydrogen-bond acceptors (Lipinski definition) is 7. The molecule has 2 aromatic rings. The van der Waals surface area contributed by atoms with Crippen LogP contribution in [0, 0.1) is 6.92 Å². The van der Waals surface area contributed by atoms with Crippen LogP contribution in [0.15, 0.2) is 36.5 Å². The number of amides is 1. The summed E-state index contributed by atoms with van der Waals surface area (Å²) in [6, 6.07) is 8.44. The van der Waals surface area contributed by atoms with Gasteiger partial charge >= 0.3 is 5.97 Å². The smallest absolute Gasteiger partial charge is 0.343 e. The SMILES string of the molecule is COc1ccc(OC(=O)c2ccnc(C)c2CCN(CCN(C)C)C(=O)CN)cc1. The molecule has 0 bridgehead atoms. The molecular formula is C22H30N4O4. The second-order valence-corrected chi connectivity index (χ2v) is 7.13. The standard InChI is InChI=1S/C22H30N4O4/c1-16-19(10-12-26(21(27)15-23)14-13-25(2)3)20(9-11-24-16)22(28)30-18-7-5-17(29-4)6-8-18/h5-9,11H,10,12-15,23H2,1-4H3. The fourth-order valence-electron chi connectivity index (χ4n) is 2.97. The molecule has 0 radical (unpaired) electrons. The normalized spacial score (nSPS) is 10.7. The van der Waals surface area contributed by atoms with Crippen LogP contribution in [0.1, 0.15) is 21.6 Å². The lowest BCUT2D eigenvalue weighted by Gasteiger charge is -2.24. The van der Waals surface area contributed by atoms with Gasteiger partial charge in [-0.2, -0.15) is 0 Å². The van der Waals surface area contributed by atoms with Gasteiger partial charge in [0, 0.05) is 31.5 Å². The Kier molecular flexibility index (Phi) is 8.76. The van der Waals surface area contributed by atoms with Crippen molar-refractivity contribution in [3.05, 3.63) is 53.3 Å². The molecule has 30 heavy (non-hydrogen) atoms. The zero-order valence-corrected chi connectivity index (χ0v) is 18.1. The van der Waals surface area contributed by atoms with Gasteiger partial charge in [0.2, 0.25) is 5.91 Å². The van der Waals surface area contributed by atoms with E-state index in [4.69, 9.17) is 15.2 Å². The number of pyridine rings is 1. The van der Waals surface area contributed by atoms with Crippen LogP contribution in [0.25, 0.3) is 0 Å². The van der Waals surface area contributed by atoms with Crippen LogP contribution in [0.2, 0.25) is 0 Å². The van der Waals surface area contributed by atoms with E-state index in [1.807, 2.05) is 25.9 Å². The van der Waals surface area contributed by atoms with Gasteiger partial charge in [-0.05, 0) is 63.3 Å². The Morgan fingerprint density at radius 2 is 1.70 bits per heavy atom. The van der Waals surface area contributed by atoms with Crippen LogP contribution >= 0.6 is 0 Å². The molecule has 1 heterocycles. The van der Waals surface area contributed by atoms with Crippen LogP contribution in [-0.2, 0) is 11.2 Å². The first-order chi connectivity index (χ1) is 14.3. The highest BCUT2D eigenvalue weighted by molar-refractivity contribution is 5.92. The Bertz CT molecular complexity index is 853. The van der Waals surface area contributed by atoms with Crippen LogP contribution < -0.4 is 15.2 Å². The monoisotopic (exact) mass is 414 g/mol. The number of rotatable bonds is 10. The quantitative estimate of drug-likeness (QED) is 0.465. The van der Waals surface area contributed by atoms with Gasteiger partial charge in [-0.1, -0.05) is 0 Å². The van der Waals surface area contributed by atoms with Crippen LogP contribution in [-0.4, -0.2) is 74.0 Å². The number of nitrogens with zero attached hydrogens (tertiary/aromatic N) is 3. The molecule has 2 N–H and O–H groups in total. The minimum atomic E-state index is -0.467. The lowest BCUT2D eigenvalue weighted by Crippen LogP contribution is -2.41. The van der Waals surface area contributed by atoms with Gasteiger partial charge in [-0.15, -0.1) is 0 Å². The topological polar surface area (TPSA) is 98.0 Å². The summed E-state index contributed by atoms with van der Waals surface area (Å²) in [6.07, 6.45) is 2.06. The molecule has 8 heteroatoms. The highest BCUT2D eigenvalue weighted by Crippen LogP contribution is 2.20. The van der Waals surface area contributed by atoms with Crippen molar-refractivity contribution in [2.24, 2.45) is 5.73 Å². The maximum atomic E-state index is 12.8. The van der Waals surface area contributed by atoms with Gasteiger partial charge in [0.15, 0.2) is 0 Å². The summed E-state index contributed by atoms with van der Waals surface area (Å²) in [5.41, 5.74) is 7.49. The summed E-state index contributed by atoms with van der Waals surface area (Å²) in [5, 5.41) is 0. The molecule has 1 aromatic carbocycles. The molecule has 0 aliphatic heterocycles. The average Bonchev–Trinajstić information content (AvgIpc) is 2.74. The van der Waals surface area contributed by atoms with Gasteiger partial charge in [0.25, 0.3) is 0 Å². The van der Waals surface area contributed by atoms with E-state index in [9.17, 15) is 9.59 Å². The predicted molar refractivity (Wildman–Crippen MR) is 115 cm³/mol. The Morgan fingerprint density at radius 3 is 2.30 bits per heavy atom. The fourth-order valence-corrected chi connectivity index (χ4v) is 2.97. The number of hydrogen-bond donors (Lipinski definition) is 1. The minimum Gasteiger partial charge on any atom is -0.497 e. The fraction of sp³-hybridized carbons (Fsp3) is 0.409. The molecule has 8 nitrogen and oxygen atoms in total. The van der Waals surface area contributed by atoms with Gasteiger partial charge < -0.3 is 25.0 Å². The number of likely N-dealkylation sites (N-methyl/N-ethyl adjacent to an activating group) is 1. The molecule has 1 aromatic heterocycles. The molecule has 162 valence electrons. The molecule has 1 amide bonds. The van der Waals surface area contributed by atoms with E-state index < -0.39 is 5.97 Å². The second-order valence-electron chi connectivity index (χ2n) is 7.13. The number of benzene rings is 1. The van der Waals surface area contributed by atoms with Crippen molar-refractivity contribution in [1.29, 1.82) is 0 Å². The number of methoxy groups -OCH3 is 1. The van der Waals surface area contributed by atoms with Gasteiger partial charge in [0.1, 0.15) is 11.5 Å². The number of esters is 1. The molecule has 0 aliphatic rings. The second kappa shape index (κ2) is 11.3. The Labute approximate surface area is 177 Å². The van der Waals surface area contributed by atoms with Crippen LogP contribution in [0.5, 0.6) is 11.5 Å². The molecule has 0 fully saturated rings. The van der Waals surface area contributed by atoms with E-state index in [0.717, 1.165) is 17.8 Å². The number of carbonyl (C=O) groups is 2. The molecule has 0 aliphatic carbocycles. The molecule has 0 saturated carbocycles. The summed E-state index contributed by atoms with van der Waals surface area (Å²) in [4.78, 5) is 33.0. The molecule has 2 rings (SSSR count). The molecule has 0 spiro atoms. The van der Waals surface area contributed by atoms with E-state index in [1.54, 1.807) is 48.5 Å². The summed E-state index contributed by atoms with van der Waals surface area (Å²) in [7, 11) is 5.47. The molecule has 0 unspecified atom stereocenters. The van der Waals surface area contributed by atoms with E-state index >= 15 is 0 Å². The van der Waals surface area contributed by atoms with E-state index in [1.165, 1.54) is 0 Å². The third kappa shape index (κ3) is 6.53. The highest BCUT2D eigenvalue weighted by Gasteiger charge is 2.19. The number of ether oxygens (including phenoxy) is 2. The highest BCUT2D eigenvalue weighted by atomic mass is 16.5. The Hall–Kier alpha value is -2.97. The third-order valence-electron chi connectivity index (χ3n) is 4.74. The van der Waals surface area contributed by atoms with Crippen molar-refractivity contribution in [2.45, 2.75) is 13.3 Å². The molecular weight excluding hydrogens is 384 g/mol. The largest absolute Gasteiger partial charge is 0.497 e. The number of aromatic nitrogens is 1. The van der Waals surface area contributed by atoms with Crippen molar-refractivity contribution in [3.63, 3.8) is 0 Å². The zero-order chi connectivity index (χ0) is 22.1. The molecule has 0 saturated heterocycles. The minimum absolute atomic E-state index is 0.0498. The first-order valence-electron chi connectivity index (χ1n) is 9.79. The summed E-state index contributed by atoms with van der Waals surface area (Å²) < 4.78 is 10.6. The van der Waals surface area contributed by atoms with E-state index in [2.05, 4.69) is 4.98 Å². The predicted octanol–water partition coefficient (Wildman–Crippen LogP) is 1.51. The maximum Gasteiger partial charge on any atom is 0.343 e. The number of aryl methyl sites for hydroxylation is 1. The maximum absolute atomic E-state index is 12.8. The summed E-state index contributed by atoms with van der Waals surface area (Å²) >= 11 is 0. The number of carbonyl (C=O) groups excluding carboxylic acids is 2. The van der Waals surface area contributed by atoms with Gasteiger partial charge in [-0.25, -0.2) is 4.79 Å².